The number of fused-ring (bicyclic) bond motifs is 1. The SMILES string of the molecule is CCn1nnc2cc(C(=O)O[C@@H](C)C(=O)Nc3c(C)n(C)n(-c4ccccc4)c3=O)ccc21. The third kappa shape index (κ3) is 4.02. The van der Waals surface area contributed by atoms with E-state index in [9.17, 15) is 14.4 Å². The summed E-state index contributed by atoms with van der Waals surface area (Å²) in [5, 5.41) is 10.7. The number of nitrogens with one attached hydrogen (secondary N) is 1. The zero-order valence-corrected chi connectivity index (χ0v) is 18.8. The average molecular weight is 448 g/mol. The van der Waals surface area contributed by atoms with Crippen LogP contribution in [0.5, 0.6) is 0 Å². The zero-order valence-electron chi connectivity index (χ0n) is 18.8. The number of carbonyl (C=O) groups is 2. The third-order valence-corrected chi connectivity index (χ3v) is 5.50. The van der Waals surface area contributed by atoms with Gasteiger partial charge in [0, 0.05) is 13.6 Å². The fraction of sp³-hybridized carbons (Fsp3) is 0.261. The molecule has 2 aromatic heterocycles. The van der Waals surface area contributed by atoms with E-state index in [0.717, 1.165) is 5.52 Å². The lowest BCUT2D eigenvalue weighted by atomic mass is 10.2. The molecule has 0 saturated heterocycles. The molecule has 4 rings (SSSR count). The van der Waals surface area contributed by atoms with Gasteiger partial charge in [0.2, 0.25) is 0 Å². The molecule has 2 heterocycles. The van der Waals surface area contributed by atoms with Crippen molar-refractivity contribution in [3.05, 3.63) is 70.1 Å². The standard InChI is InChI=1S/C23H24N6O4/c1-5-28-19-12-11-16(13-18(19)25-26-28)23(32)33-15(3)21(30)24-20-14(2)27(4)29(22(20)31)17-9-7-6-8-10-17/h6-13,15H,5H2,1-4H3,(H,24,30)/t15-/m0/s1. The molecular formula is C23H24N6O4. The summed E-state index contributed by atoms with van der Waals surface area (Å²) in [4.78, 5) is 38.3. The van der Waals surface area contributed by atoms with Gasteiger partial charge in [-0.1, -0.05) is 23.4 Å². The fourth-order valence-electron chi connectivity index (χ4n) is 3.55. The summed E-state index contributed by atoms with van der Waals surface area (Å²) < 4.78 is 10.2. The molecule has 0 saturated carbocycles. The third-order valence-electron chi connectivity index (χ3n) is 5.50. The Balaban J connectivity index is 1.50. The molecule has 0 aliphatic heterocycles. The maximum atomic E-state index is 13.0. The molecular weight excluding hydrogens is 424 g/mol. The molecule has 4 aromatic rings. The van der Waals surface area contributed by atoms with Crippen molar-refractivity contribution in [3.63, 3.8) is 0 Å². The second-order valence-electron chi connectivity index (χ2n) is 7.58. The Morgan fingerprint density at radius 3 is 2.58 bits per heavy atom. The minimum Gasteiger partial charge on any atom is -0.449 e. The Morgan fingerprint density at radius 1 is 1.15 bits per heavy atom. The molecule has 10 heteroatoms. The number of amides is 1. The van der Waals surface area contributed by atoms with Gasteiger partial charge in [-0.3, -0.25) is 14.3 Å². The van der Waals surface area contributed by atoms with Crippen molar-refractivity contribution in [2.45, 2.75) is 33.4 Å². The van der Waals surface area contributed by atoms with Crippen LogP contribution in [0.3, 0.4) is 0 Å². The van der Waals surface area contributed by atoms with Crippen LogP contribution in [0.2, 0.25) is 0 Å². The van der Waals surface area contributed by atoms with Gasteiger partial charge in [0.15, 0.2) is 6.10 Å². The first kappa shape index (κ1) is 22.0. The summed E-state index contributed by atoms with van der Waals surface area (Å²) in [6, 6.07) is 14.0. The molecule has 0 radical (unpaired) electrons. The smallest absolute Gasteiger partial charge is 0.338 e. The molecule has 0 fully saturated rings. The van der Waals surface area contributed by atoms with E-state index >= 15 is 0 Å². The van der Waals surface area contributed by atoms with E-state index in [2.05, 4.69) is 15.6 Å². The van der Waals surface area contributed by atoms with E-state index in [0.29, 0.717) is 23.4 Å². The van der Waals surface area contributed by atoms with Gasteiger partial charge < -0.3 is 10.1 Å². The number of anilines is 1. The van der Waals surface area contributed by atoms with E-state index in [4.69, 9.17) is 4.74 Å². The van der Waals surface area contributed by atoms with E-state index in [1.165, 1.54) is 11.6 Å². The highest BCUT2D eigenvalue weighted by Gasteiger charge is 2.24. The van der Waals surface area contributed by atoms with Crippen LogP contribution in [-0.4, -0.2) is 42.3 Å². The molecule has 1 atom stereocenters. The highest BCUT2D eigenvalue weighted by molar-refractivity contribution is 5.98. The number of hydrogen-bond donors (Lipinski definition) is 1. The number of rotatable bonds is 6. The molecule has 170 valence electrons. The number of aromatic nitrogens is 5. The first-order valence-corrected chi connectivity index (χ1v) is 10.5. The lowest BCUT2D eigenvalue weighted by Crippen LogP contribution is -2.32. The van der Waals surface area contributed by atoms with Gasteiger partial charge >= 0.3 is 5.97 Å². The molecule has 33 heavy (non-hydrogen) atoms. The van der Waals surface area contributed by atoms with Gasteiger partial charge in [0.1, 0.15) is 11.2 Å². The van der Waals surface area contributed by atoms with E-state index < -0.39 is 18.0 Å². The molecule has 1 N–H and O–H groups in total. The van der Waals surface area contributed by atoms with Gasteiger partial charge in [0.05, 0.1) is 22.5 Å². The molecule has 0 unspecified atom stereocenters. The molecule has 0 aliphatic carbocycles. The number of carbonyl (C=O) groups excluding carboxylic acids is 2. The predicted molar refractivity (Wildman–Crippen MR) is 122 cm³/mol. The van der Waals surface area contributed by atoms with Crippen molar-refractivity contribution in [2.75, 3.05) is 5.32 Å². The topological polar surface area (TPSA) is 113 Å². The van der Waals surface area contributed by atoms with Gasteiger partial charge in [-0.15, -0.1) is 5.10 Å². The van der Waals surface area contributed by atoms with Crippen LogP contribution in [0.1, 0.15) is 29.9 Å². The number of ether oxygens (including phenoxy) is 1. The first-order chi connectivity index (χ1) is 15.8. The Bertz CT molecular complexity index is 1400. The van der Waals surface area contributed by atoms with Crippen LogP contribution in [-0.2, 0) is 23.1 Å². The van der Waals surface area contributed by atoms with Crippen molar-refractivity contribution < 1.29 is 14.3 Å². The Labute approximate surface area is 189 Å². The lowest BCUT2D eigenvalue weighted by molar-refractivity contribution is -0.123. The molecule has 10 nitrogen and oxygen atoms in total. The van der Waals surface area contributed by atoms with E-state index in [1.54, 1.807) is 53.7 Å². The lowest BCUT2D eigenvalue weighted by Gasteiger charge is -2.13. The van der Waals surface area contributed by atoms with Crippen molar-refractivity contribution >= 4 is 28.6 Å². The second-order valence-corrected chi connectivity index (χ2v) is 7.58. The largest absolute Gasteiger partial charge is 0.449 e. The maximum Gasteiger partial charge on any atom is 0.338 e. The second kappa shape index (κ2) is 8.73. The quantitative estimate of drug-likeness (QED) is 0.453. The van der Waals surface area contributed by atoms with Gasteiger partial charge in [-0.2, -0.15) is 0 Å². The van der Waals surface area contributed by atoms with E-state index in [1.807, 2.05) is 25.1 Å². The number of benzene rings is 2. The van der Waals surface area contributed by atoms with Gasteiger partial charge in [0.25, 0.3) is 11.5 Å². The Kier molecular flexibility index (Phi) is 5.82. The number of hydrogen-bond acceptors (Lipinski definition) is 6. The monoisotopic (exact) mass is 448 g/mol. The molecule has 0 bridgehead atoms. The zero-order chi connectivity index (χ0) is 23.7. The highest BCUT2D eigenvalue weighted by Crippen LogP contribution is 2.17. The summed E-state index contributed by atoms with van der Waals surface area (Å²) in [5.74, 6) is -1.27. The average Bonchev–Trinajstić information content (AvgIpc) is 3.33. The predicted octanol–water partition coefficient (Wildman–Crippen LogP) is 2.43. The van der Waals surface area contributed by atoms with Crippen LogP contribution >= 0.6 is 0 Å². The van der Waals surface area contributed by atoms with Crippen LogP contribution in [0.4, 0.5) is 5.69 Å². The molecule has 0 aliphatic rings. The van der Waals surface area contributed by atoms with Crippen LogP contribution in [0, 0.1) is 6.92 Å². The Morgan fingerprint density at radius 2 is 1.88 bits per heavy atom. The molecule has 0 spiro atoms. The minimum atomic E-state index is -1.12. The maximum absolute atomic E-state index is 13.0. The van der Waals surface area contributed by atoms with Crippen molar-refractivity contribution in [2.24, 2.45) is 7.05 Å². The number of nitrogens with zero attached hydrogens (tertiary/aromatic N) is 5. The van der Waals surface area contributed by atoms with Crippen LogP contribution in [0.25, 0.3) is 16.7 Å². The number of aryl methyl sites for hydroxylation is 1. The van der Waals surface area contributed by atoms with Crippen molar-refractivity contribution in [1.82, 2.24) is 24.4 Å². The highest BCUT2D eigenvalue weighted by atomic mass is 16.5. The molecule has 2 aromatic carbocycles. The number of para-hydroxylation sites is 1. The van der Waals surface area contributed by atoms with Gasteiger partial charge in [-0.25, -0.2) is 14.2 Å². The van der Waals surface area contributed by atoms with Crippen molar-refractivity contribution in [3.8, 4) is 5.69 Å². The fourth-order valence-corrected chi connectivity index (χ4v) is 3.55. The van der Waals surface area contributed by atoms with E-state index in [-0.39, 0.29) is 16.8 Å². The number of esters is 1. The molecule has 1 amide bonds. The van der Waals surface area contributed by atoms with Crippen LogP contribution in [0.15, 0.2) is 53.3 Å². The Hall–Kier alpha value is -4.21. The van der Waals surface area contributed by atoms with Gasteiger partial charge in [-0.05, 0) is 51.1 Å². The van der Waals surface area contributed by atoms with Crippen molar-refractivity contribution in [1.29, 1.82) is 0 Å². The minimum absolute atomic E-state index is 0.131. The van der Waals surface area contributed by atoms with Crippen LogP contribution < -0.4 is 10.9 Å². The summed E-state index contributed by atoms with van der Waals surface area (Å²) in [6.07, 6.45) is -1.12. The normalized spacial score (nSPS) is 12.0. The summed E-state index contributed by atoms with van der Waals surface area (Å²) in [6.45, 7) is 5.78. The summed E-state index contributed by atoms with van der Waals surface area (Å²) in [5.41, 5.74) is 2.61. The summed E-state index contributed by atoms with van der Waals surface area (Å²) in [7, 11) is 1.73. The first-order valence-electron chi connectivity index (χ1n) is 10.5. The summed E-state index contributed by atoms with van der Waals surface area (Å²) >= 11 is 0.